The number of carbonyl (C=O) groups is 4. The van der Waals surface area contributed by atoms with Crippen molar-refractivity contribution in [3.8, 4) is 0 Å². The van der Waals surface area contributed by atoms with Crippen LogP contribution in [0.5, 0.6) is 0 Å². The van der Waals surface area contributed by atoms with Crippen molar-refractivity contribution in [3.63, 3.8) is 0 Å². The molecule has 1 N–H and O–H groups in total. The molecule has 0 saturated heterocycles. The van der Waals surface area contributed by atoms with Gasteiger partial charge in [0.25, 0.3) is 11.8 Å². The van der Waals surface area contributed by atoms with Crippen LogP contribution in [0.2, 0.25) is 10.0 Å². The maximum Gasteiger partial charge on any atom is 0.261 e. The van der Waals surface area contributed by atoms with Gasteiger partial charge in [-0.3, -0.25) is 24.1 Å². The Balaban J connectivity index is 1.72. The minimum atomic E-state index is -0.676. The Hall–Kier alpha value is -2.90. The first kappa shape index (κ1) is 27.7. The lowest BCUT2D eigenvalue weighted by molar-refractivity contribution is -0.141. The molecule has 9 heteroatoms. The van der Waals surface area contributed by atoms with Crippen LogP contribution in [-0.2, 0) is 16.1 Å². The van der Waals surface area contributed by atoms with Gasteiger partial charge in [0.15, 0.2) is 0 Å². The van der Waals surface area contributed by atoms with E-state index in [4.69, 9.17) is 23.2 Å². The topological polar surface area (TPSA) is 86.8 Å². The summed E-state index contributed by atoms with van der Waals surface area (Å²) in [4.78, 5) is 54.3. The van der Waals surface area contributed by atoms with Crippen molar-refractivity contribution in [2.45, 2.75) is 52.6 Å². The van der Waals surface area contributed by atoms with E-state index in [1.807, 2.05) is 20.8 Å². The van der Waals surface area contributed by atoms with Crippen LogP contribution in [-0.4, -0.2) is 52.6 Å². The van der Waals surface area contributed by atoms with E-state index in [-0.39, 0.29) is 55.5 Å². The number of imide groups is 1. The molecule has 1 aliphatic rings. The van der Waals surface area contributed by atoms with Crippen LogP contribution in [0.4, 0.5) is 0 Å². The summed E-state index contributed by atoms with van der Waals surface area (Å²) in [5, 5.41) is 3.69. The minimum absolute atomic E-state index is 0.0721. The van der Waals surface area contributed by atoms with E-state index >= 15 is 0 Å². The van der Waals surface area contributed by atoms with E-state index in [2.05, 4.69) is 5.32 Å². The maximum atomic E-state index is 13.4. The van der Waals surface area contributed by atoms with Gasteiger partial charge in [0, 0.05) is 26.1 Å². The molecular weight excluding hydrogens is 501 g/mol. The van der Waals surface area contributed by atoms with E-state index in [1.54, 1.807) is 42.5 Å². The molecule has 7 nitrogen and oxygen atoms in total. The summed E-state index contributed by atoms with van der Waals surface area (Å²) >= 11 is 12.2. The number of halogens is 2. The molecule has 0 unspecified atom stereocenters. The van der Waals surface area contributed by atoms with Crippen LogP contribution in [0.1, 0.15) is 66.3 Å². The summed E-state index contributed by atoms with van der Waals surface area (Å²) in [5.74, 6) is -0.903. The van der Waals surface area contributed by atoms with Gasteiger partial charge in [-0.15, -0.1) is 0 Å². The highest BCUT2D eigenvalue weighted by Gasteiger charge is 2.35. The quantitative estimate of drug-likeness (QED) is 0.415. The lowest BCUT2D eigenvalue weighted by atomic mass is 10.1. The van der Waals surface area contributed by atoms with Crippen LogP contribution < -0.4 is 5.32 Å². The molecule has 2 aromatic rings. The van der Waals surface area contributed by atoms with Crippen LogP contribution in [0.3, 0.4) is 0 Å². The van der Waals surface area contributed by atoms with Crippen molar-refractivity contribution in [3.05, 3.63) is 69.2 Å². The monoisotopic (exact) mass is 531 g/mol. The van der Waals surface area contributed by atoms with Crippen LogP contribution in [0, 0.1) is 5.92 Å². The zero-order chi connectivity index (χ0) is 26.4. The van der Waals surface area contributed by atoms with Gasteiger partial charge in [0.05, 0.1) is 21.2 Å². The molecule has 4 amide bonds. The van der Waals surface area contributed by atoms with Crippen molar-refractivity contribution in [2.24, 2.45) is 5.92 Å². The Morgan fingerprint density at radius 1 is 1.00 bits per heavy atom. The number of nitrogens with one attached hydrogen (secondary N) is 1. The lowest BCUT2D eigenvalue weighted by Gasteiger charge is -2.31. The molecule has 3 rings (SSSR count). The first-order valence-corrected chi connectivity index (χ1v) is 12.9. The summed E-state index contributed by atoms with van der Waals surface area (Å²) in [6.45, 7) is 6.65. The lowest BCUT2D eigenvalue weighted by Crippen LogP contribution is -2.49. The summed E-state index contributed by atoms with van der Waals surface area (Å²) < 4.78 is 0. The number of benzene rings is 2. The SMILES string of the molecule is CC[C@H](C(=O)NCC(C)C)N(Cc1ccc(Cl)c(Cl)c1)C(=O)CCCN1C(=O)c2ccccc2C1=O. The van der Waals surface area contributed by atoms with Crippen LogP contribution >= 0.6 is 23.2 Å². The highest BCUT2D eigenvalue weighted by atomic mass is 35.5. The molecule has 0 radical (unpaired) electrons. The van der Waals surface area contributed by atoms with E-state index in [9.17, 15) is 19.2 Å². The number of fused-ring (bicyclic) bond motifs is 1. The van der Waals surface area contributed by atoms with Gasteiger partial charge >= 0.3 is 0 Å². The Morgan fingerprint density at radius 2 is 1.64 bits per heavy atom. The Bertz CT molecular complexity index is 1120. The van der Waals surface area contributed by atoms with Gasteiger partial charge in [-0.1, -0.05) is 62.2 Å². The normalized spacial score (nSPS) is 13.7. The van der Waals surface area contributed by atoms with Crippen molar-refractivity contribution in [1.29, 1.82) is 0 Å². The predicted molar refractivity (Wildman–Crippen MR) is 140 cm³/mol. The predicted octanol–water partition coefficient (Wildman–Crippen LogP) is 4.95. The van der Waals surface area contributed by atoms with Gasteiger partial charge in [0.2, 0.25) is 11.8 Å². The summed E-state index contributed by atoms with van der Waals surface area (Å²) in [6.07, 6.45) is 0.782. The largest absolute Gasteiger partial charge is 0.354 e. The van der Waals surface area contributed by atoms with Crippen molar-refractivity contribution in [1.82, 2.24) is 15.1 Å². The number of hydrogen-bond donors (Lipinski definition) is 1. The van der Waals surface area contributed by atoms with Gasteiger partial charge in [-0.2, -0.15) is 0 Å². The smallest absolute Gasteiger partial charge is 0.261 e. The number of hydrogen-bond acceptors (Lipinski definition) is 4. The highest BCUT2D eigenvalue weighted by molar-refractivity contribution is 6.42. The van der Waals surface area contributed by atoms with Gasteiger partial charge in [-0.05, 0) is 48.6 Å². The zero-order valence-corrected chi connectivity index (χ0v) is 22.2. The third kappa shape index (κ3) is 6.45. The van der Waals surface area contributed by atoms with Crippen LogP contribution in [0.25, 0.3) is 0 Å². The second kappa shape index (κ2) is 12.4. The molecule has 0 bridgehead atoms. The molecule has 1 aliphatic heterocycles. The molecular formula is C27H31Cl2N3O4. The maximum absolute atomic E-state index is 13.4. The molecule has 0 spiro atoms. The Morgan fingerprint density at radius 3 is 2.19 bits per heavy atom. The average molecular weight is 532 g/mol. The van der Waals surface area contributed by atoms with Crippen molar-refractivity contribution >= 4 is 46.8 Å². The molecule has 2 aromatic carbocycles. The fourth-order valence-electron chi connectivity index (χ4n) is 4.15. The molecule has 0 aliphatic carbocycles. The van der Waals surface area contributed by atoms with Gasteiger partial charge < -0.3 is 10.2 Å². The van der Waals surface area contributed by atoms with Gasteiger partial charge in [-0.25, -0.2) is 0 Å². The number of amides is 4. The number of carbonyl (C=O) groups excluding carboxylic acids is 4. The minimum Gasteiger partial charge on any atom is -0.354 e. The van der Waals surface area contributed by atoms with Crippen molar-refractivity contribution < 1.29 is 19.2 Å². The van der Waals surface area contributed by atoms with E-state index in [0.29, 0.717) is 34.1 Å². The molecule has 192 valence electrons. The third-order valence-corrected chi connectivity index (χ3v) is 6.80. The van der Waals surface area contributed by atoms with Gasteiger partial charge in [0.1, 0.15) is 6.04 Å². The second-order valence-corrected chi connectivity index (χ2v) is 10.1. The molecule has 1 heterocycles. The van der Waals surface area contributed by atoms with E-state index in [0.717, 1.165) is 5.56 Å². The number of rotatable bonds is 11. The molecule has 0 fully saturated rings. The summed E-state index contributed by atoms with van der Waals surface area (Å²) in [5.41, 5.74) is 1.50. The standard InChI is InChI=1S/C27H31Cl2N3O4/c1-4-23(25(34)30-15-17(2)3)32(16-18-11-12-21(28)22(29)14-18)24(33)10-7-13-31-26(35)19-8-5-6-9-20(19)27(31)36/h5-6,8-9,11-12,14,17,23H,4,7,10,13,15-16H2,1-3H3,(H,30,34)/t23-/m1/s1. The second-order valence-electron chi connectivity index (χ2n) is 9.24. The first-order valence-electron chi connectivity index (χ1n) is 12.1. The third-order valence-electron chi connectivity index (χ3n) is 6.06. The fraction of sp³-hybridized carbons (Fsp3) is 0.407. The highest BCUT2D eigenvalue weighted by Crippen LogP contribution is 2.25. The molecule has 1 atom stereocenters. The average Bonchev–Trinajstić information content (AvgIpc) is 3.09. The first-order chi connectivity index (χ1) is 17.1. The molecule has 0 aromatic heterocycles. The Kier molecular flexibility index (Phi) is 9.51. The summed E-state index contributed by atoms with van der Waals surface area (Å²) in [7, 11) is 0. The zero-order valence-electron chi connectivity index (χ0n) is 20.7. The van der Waals surface area contributed by atoms with E-state index < -0.39 is 6.04 Å². The van der Waals surface area contributed by atoms with E-state index in [1.165, 1.54) is 9.80 Å². The summed E-state index contributed by atoms with van der Waals surface area (Å²) in [6, 6.07) is 11.1. The molecule has 36 heavy (non-hydrogen) atoms. The number of nitrogens with zero attached hydrogens (tertiary/aromatic N) is 2. The Labute approximate surface area is 221 Å². The fourth-order valence-corrected chi connectivity index (χ4v) is 4.47. The van der Waals surface area contributed by atoms with Crippen LogP contribution in [0.15, 0.2) is 42.5 Å². The molecule has 0 saturated carbocycles. The van der Waals surface area contributed by atoms with Crippen molar-refractivity contribution in [2.75, 3.05) is 13.1 Å².